The van der Waals surface area contributed by atoms with E-state index in [2.05, 4.69) is 0 Å². The number of amides is 3. The van der Waals surface area contributed by atoms with E-state index in [1.165, 1.54) is 0 Å². The van der Waals surface area contributed by atoms with E-state index in [1.807, 2.05) is 0 Å². The number of halogens is 2. The number of hydrogen-bond donors (Lipinski definition) is 5. The van der Waals surface area contributed by atoms with E-state index in [1.54, 1.807) is 59.5 Å². The van der Waals surface area contributed by atoms with E-state index in [9.17, 15) is 19.5 Å². The maximum Gasteiger partial charge on any atom is 0.341 e. The number of aliphatic carboxylic acids is 1. The Morgan fingerprint density at radius 1 is 1.03 bits per heavy atom. The first-order chi connectivity index (χ1) is 15.2. The van der Waals surface area contributed by atoms with Crippen molar-refractivity contribution in [2.24, 2.45) is 17.2 Å². The number of rotatable bonds is 5. The van der Waals surface area contributed by atoms with E-state index in [0.717, 1.165) is 10.5 Å². The van der Waals surface area contributed by atoms with E-state index in [0.29, 0.717) is 37.2 Å². The smallest absolute Gasteiger partial charge is 0.341 e. The van der Waals surface area contributed by atoms with Crippen molar-refractivity contribution in [1.29, 1.82) is 0 Å². The highest BCUT2D eigenvalue weighted by atomic mass is 35.5. The maximum absolute atomic E-state index is 12.6. The number of piperidine rings is 1. The van der Waals surface area contributed by atoms with Crippen LogP contribution in [0.25, 0.3) is 0 Å². The molecule has 0 aromatic heterocycles. The Labute approximate surface area is 210 Å². The number of hydrogen-bond acceptors (Lipinski definition) is 6. The van der Waals surface area contributed by atoms with Gasteiger partial charge in [0.1, 0.15) is 0 Å². The highest BCUT2D eigenvalue weighted by Gasteiger charge is 2.28. The minimum Gasteiger partial charge on any atom is -0.479 e. The summed E-state index contributed by atoms with van der Waals surface area (Å²) in [7, 11) is 0. The number of urea groups is 1. The van der Waals surface area contributed by atoms with Gasteiger partial charge in [0.25, 0.3) is 5.91 Å². The van der Waals surface area contributed by atoms with Gasteiger partial charge in [-0.05, 0) is 42.7 Å². The van der Waals surface area contributed by atoms with Crippen LogP contribution in [-0.4, -0.2) is 58.4 Å². The molecule has 8 N–H and O–H groups in total. The SMILES string of the molecule is Cl.Cl.NC(=O)N1CCC(O)CC1.NCc1cccc(N(C(=O)c2ccccc2)[C@@H](N)C(=O)O)c1. The molecule has 34 heavy (non-hydrogen) atoms. The molecule has 1 heterocycles. The average Bonchev–Trinajstić information content (AvgIpc) is 2.80. The molecule has 1 fully saturated rings. The first kappa shape index (κ1) is 31.1. The summed E-state index contributed by atoms with van der Waals surface area (Å²) in [6.07, 6.45) is -0.414. The number of carboxylic acid groups (broad SMARTS) is 1. The van der Waals surface area contributed by atoms with Crippen molar-refractivity contribution in [2.75, 3.05) is 18.0 Å². The van der Waals surface area contributed by atoms with Crippen LogP contribution in [0.4, 0.5) is 10.5 Å². The summed E-state index contributed by atoms with van der Waals surface area (Å²) in [6.45, 7) is 1.47. The number of benzene rings is 2. The Bertz CT molecular complexity index is 927. The first-order valence-electron chi connectivity index (χ1n) is 10.1. The molecule has 0 radical (unpaired) electrons. The van der Waals surface area contributed by atoms with Gasteiger partial charge in [-0.25, -0.2) is 9.59 Å². The van der Waals surface area contributed by atoms with Crippen molar-refractivity contribution >= 4 is 48.4 Å². The lowest BCUT2D eigenvalue weighted by Gasteiger charge is -2.27. The molecule has 3 amide bonds. The summed E-state index contributed by atoms with van der Waals surface area (Å²) >= 11 is 0. The van der Waals surface area contributed by atoms with Crippen molar-refractivity contribution in [3.05, 3.63) is 65.7 Å². The number of likely N-dealkylation sites (tertiary alicyclic amines) is 1. The third-order valence-electron chi connectivity index (χ3n) is 4.97. The quantitative estimate of drug-likeness (QED) is 0.374. The predicted octanol–water partition coefficient (Wildman–Crippen LogP) is 1.53. The van der Waals surface area contributed by atoms with Gasteiger partial charge in [0.2, 0.25) is 0 Å². The van der Waals surface area contributed by atoms with Crippen LogP contribution in [0, 0.1) is 0 Å². The molecule has 1 saturated heterocycles. The Balaban J connectivity index is 0.000000770. The molecule has 0 bridgehead atoms. The third kappa shape index (κ3) is 8.81. The minimum atomic E-state index is -1.49. The van der Waals surface area contributed by atoms with E-state index < -0.39 is 18.0 Å². The second-order valence-corrected chi connectivity index (χ2v) is 7.25. The van der Waals surface area contributed by atoms with Crippen LogP contribution in [0.3, 0.4) is 0 Å². The largest absolute Gasteiger partial charge is 0.479 e. The number of carbonyl (C=O) groups excluding carboxylic acids is 2. The molecular formula is C22H31Cl2N5O5. The monoisotopic (exact) mass is 515 g/mol. The summed E-state index contributed by atoms with van der Waals surface area (Å²) in [5, 5.41) is 18.2. The number of nitrogens with two attached hydrogens (primary N) is 3. The highest BCUT2D eigenvalue weighted by molar-refractivity contribution is 6.09. The van der Waals surface area contributed by atoms with Crippen LogP contribution in [0.2, 0.25) is 0 Å². The van der Waals surface area contributed by atoms with Crippen LogP contribution >= 0.6 is 24.8 Å². The molecule has 2 aromatic carbocycles. The van der Waals surface area contributed by atoms with Gasteiger partial charge < -0.3 is 32.3 Å². The van der Waals surface area contributed by atoms with Crippen LogP contribution in [0.5, 0.6) is 0 Å². The summed E-state index contributed by atoms with van der Waals surface area (Å²) in [5.74, 6) is -1.77. The molecule has 3 rings (SSSR count). The molecule has 0 aliphatic carbocycles. The van der Waals surface area contributed by atoms with Gasteiger partial charge in [-0.15, -0.1) is 24.8 Å². The average molecular weight is 516 g/mol. The van der Waals surface area contributed by atoms with Crippen molar-refractivity contribution in [3.63, 3.8) is 0 Å². The molecule has 1 aliphatic heterocycles. The van der Waals surface area contributed by atoms with Crippen LogP contribution in [-0.2, 0) is 11.3 Å². The van der Waals surface area contributed by atoms with Gasteiger partial charge in [0.15, 0.2) is 6.17 Å². The Kier molecular flexibility index (Phi) is 13.8. The molecule has 188 valence electrons. The van der Waals surface area contributed by atoms with Gasteiger partial charge in [-0.2, -0.15) is 0 Å². The number of primary amides is 1. The fraction of sp³-hybridized carbons (Fsp3) is 0.318. The number of anilines is 1. The van der Waals surface area contributed by atoms with Crippen molar-refractivity contribution in [1.82, 2.24) is 4.90 Å². The van der Waals surface area contributed by atoms with Gasteiger partial charge in [-0.1, -0.05) is 30.3 Å². The van der Waals surface area contributed by atoms with Gasteiger partial charge in [0.05, 0.1) is 6.10 Å². The standard InChI is InChI=1S/C16H17N3O3.C6H12N2O2.2ClH/c17-10-11-5-4-8-13(9-11)19(14(18)16(21)22)15(20)12-6-2-1-3-7-12;7-6(10)8-3-1-5(9)2-4-8;;/h1-9,14H,10,17-18H2,(H,21,22);5,9H,1-4H2,(H2,7,10);2*1H/t14-;;;/m1.../s1. The van der Waals surface area contributed by atoms with Crippen molar-refractivity contribution in [3.8, 4) is 0 Å². The molecule has 1 atom stereocenters. The van der Waals surface area contributed by atoms with Crippen molar-refractivity contribution < 1.29 is 24.6 Å². The molecule has 0 saturated carbocycles. The van der Waals surface area contributed by atoms with Crippen molar-refractivity contribution in [2.45, 2.75) is 31.7 Å². The first-order valence-corrected chi connectivity index (χ1v) is 10.1. The van der Waals surface area contributed by atoms with Crippen LogP contribution < -0.4 is 22.1 Å². The number of aliphatic hydroxyl groups is 1. The maximum atomic E-state index is 12.6. The lowest BCUT2D eigenvalue weighted by atomic mass is 10.1. The molecule has 0 spiro atoms. The summed E-state index contributed by atoms with van der Waals surface area (Å²) in [6, 6.07) is 14.8. The minimum absolute atomic E-state index is 0. The van der Waals surface area contributed by atoms with E-state index in [-0.39, 0.29) is 43.5 Å². The molecule has 12 heteroatoms. The molecule has 0 unspecified atom stereocenters. The Morgan fingerprint density at radius 3 is 2.12 bits per heavy atom. The zero-order chi connectivity index (χ0) is 23.7. The predicted molar refractivity (Wildman–Crippen MR) is 134 cm³/mol. The Morgan fingerprint density at radius 2 is 1.62 bits per heavy atom. The highest BCUT2D eigenvalue weighted by Crippen LogP contribution is 2.20. The van der Waals surface area contributed by atoms with Crippen LogP contribution in [0.15, 0.2) is 54.6 Å². The second kappa shape index (κ2) is 15.1. The summed E-state index contributed by atoms with van der Waals surface area (Å²) in [5.41, 5.74) is 17.8. The normalized spacial score (nSPS) is 13.8. The number of nitrogens with zero attached hydrogens (tertiary/aromatic N) is 2. The molecule has 10 nitrogen and oxygen atoms in total. The summed E-state index contributed by atoms with van der Waals surface area (Å²) < 4.78 is 0. The second-order valence-electron chi connectivity index (χ2n) is 7.25. The van der Waals surface area contributed by atoms with Gasteiger partial charge in [0, 0.05) is 30.9 Å². The van der Waals surface area contributed by atoms with Gasteiger partial charge in [-0.3, -0.25) is 9.69 Å². The third-order valence-corrected chi connectivity index (χ3v) is 4.97. The fourth-order valence-electron chi connectivity index (χ4n) is 3.15. The summed E-state index contributed by atoms with van der Waals surface area (Å²) in [4.78, 5) is 37.0. The lowest BCUT2D eigenvalue weighted by molar-refractivity contribution is -0.138. The number of carboxylic acids is 1. The fourth-order valence-corrected chi connectivity index (χ4v) is 3.15. The number of aliphatic hydroxyl groups excluding tert-OH is 1. The zero-order valence-electron chi connectivity index (χ0n) is 18.4. The molecule has 2 aromatic rings. The topological polar surface area (TPSA) is 176 Å². The van der Waals surface area contributed by atoms with E-state index >= 15 is 0 Å². The lowest BCUT2D eigenvalue weighted by Crippen LogP contribution is -2.51. The number of carbonyl (C=O) groups is 3. The van der Waals surface area contributed by atoms with Gasteiger partial charge >= 0.3 is 12.0 Å². The van der Waals surface area contributed by atoms with Crippen LogP contribution in [0.1, 0.15) is 28.8 Å². The van der Waals surface area contributed by atoms with E-state index in [4.69, 9.17) is 22.3 Å². The zero-order valence-corrected chi connectivity index (χ0v) is 20.1. The Hall–Kier alpha value is -2.89. The molecule has 1 aliphatic rings. The molecular weight excluding hydrogens is 485 g/mol.